The number of hydrogen-bond donors (Lipinski definition) is 2. The zero-order valence-electron chi connectivity index (χ0n) is 15.0. The van der Waals surface area contributed by atoms with Gasteiger partial charge in [0.2, 0.25) is 6.79 Å². The third kappa shape index (κ3) is 5.13. The molecule has 0 unspecified atom stereocenters. The van der Waals surface area contributed by atoms with E-state index in [9.17, 15) is 0 Å². The molecule has 0 spiro atoms. The molecule has 6 nitrogen and oxygen atoms in total. The third-order valence-electron chi connectivity index (χ3n) is 5.00. The Morgan fingerprint density at radius 1 is 1.24 bits per heavy atom. The van der Waals surface area contributed by atoms with Crippen molar-refractivity contribution in [2.45, 2.75) is 32.2 Å². The molecule has 0 radical (unpaired) electrons. The summed E-state index contributed by atoms with van der Waals surface area (Å²) in [6.07, 6.45) is 4.95. The Hall–Kier alpha value is -1.22. The lowest BCUT2D eigenvalue weighted by atomic mass is 9.67. The van der Waals surface area contributed by atoms with Gasteiger partial charge in [-0.3, -0.25) is 4.99 Å². The van der Waals surface area contributed by atoms with Gasteiger partial charge in [0.15, 0.2) is 17.5 Å². The lowest BCUT2D eigenvalue weighted by molar-refractivity contribution is 0.0732. The number of hydrogen-bond acceptors (Lipinski definition) is 4. The highest BCUT2D eigenvalue weighted by Gasteiger charge is 2.36. The van der Waals surface area contributed by atoms with Crippen LogP contribution in [-0.4, -0.2) is 40.1 Å². The quantitative estimate of drug-likeness (QED) is 0.372. The van der Waals surface area contributed by atoms with Crippen LogP contribution in [0.5, 0.6) is 11.5 Å². The predicted molar refractivity (Wildman–Crippen MR) is 109 cm³/mol. The Morgan fingerprint density at radius 3 is 2.72 bits per heavy atom. The minimum atomic E-state index is 0. The number of fused-ring (bicyclic) bond motifs is 1. The van der Waals surface area contributed by atoms with Gasteiger partial charge < -0.3 is 24.8 Å². The van der Waals surface area contributed by atoms with Gasteiger partial charge in [0, 0.05) is 33.9 Å². The summed E-state index contributed by atoms with van der Waals surface area (Å²) in [4.78, 5) is 4.32. The van der Waals surface area contributed by atoms with Crippen molar-refractivity contribution in [3.05, 3.63) is 23.8 Å². The maximum atomic E-state index is 5.42. The maximum Gasteiger partial charge on any atom is 0.231 e. The number of guanidine groups is 1. The van der Waals surface area contributed by atoms with Gasteiger partial charge in [0.1, 0.15) is 0 Å². The van der Waals surface area contributed by atoms with Gasteiger partial charge in [0.05, 0.1) is 0 Å². The van der Waals surface area contributed by atoms with Crippen molar-refractivity contribution in [3.63, 3.8) is 0 Å². The average molecular weight is 461 g/mol. The van der Waals surface area contributed by atoms with Crippen molar-refractivity contribution in [2.75, 3.05) is 34.1 Å². The molecule has 1 aromatic rings. The molecule has 0 saturated heterocycles. The topological polar surface area (TPSA) is 64.1 Å². The predicted octanol–water partition coefficient (Wildman–Crippen LogP) is 2.91. The van der Waals surface area contributed by atoms with E-state index in [0.29, 0.717) is 18.8 Å². The number of methoxy groups -OCH3 is 1. The highest BCUT2D eigenvalue weighted by molar-refractivity contribution is 14.0. The van der Waals surface area contributed by atoms with Gasteiger partial charge >= 0.3 is 0 Å². The van der Waals surface area contributed by atoms with Crippen molar-refractivity contribution >= 4 is 29.9 Å². The highest BCUT2D eigenvalue weighted by atomic mass is 127. The smallest absolute Gasteiger partial charge is 0.231 e. The largest absolute Gasteiger partial charge is 0.454 e. The first-order valence-corrected chi connectivity index (χ1v) is 8.57. The standard InChI is InChI=1S/C18H27N3O3.HI/c1-19-17(21-12-18(6-3-7-18)8-9-22-2)20-11-14-4-5-15-16(10-14)24-13-23-15;/h4-5,10H,3,6-9,11-13H2,1-2H3,(H2,19,20,21);1H. The molecule has 7 heteroatoms. The van der Waals surface area contributed by atoms with E-state index in [1.54, 1.807) is 14.2 Å². The van der Waals surface area contributed by atoms with Crippen molar-refractivity contribution in [1.29, 1.82) is 0 Å². The normalized spacial score (nSPS) is 17.4. The summed E-state index contributed by atoms with van der Waals surface area (Å²) in [5.41, 5.74) is 1.51. The van der Waals surface area contributed by atoms with Gasteiger partial charge in [-0.05, 0) is 42.4 Å². The summed E-state index contributed by atoms with van der Waals surface area (Å²) >= 11 is 0. The van der Waals surface area contributed by atoms with E-state index >= 15 is 0 Å². The summed E-state index contributed by atoms with van der Waals surface area (Å²) in [5.74, 6) is 2.45. The monoisotopic (exact) mass is 461 g/mol. The van der Waals surface area contributed by atoms with Gasteiger partial charge in [-0.1, -0.05) is 12.5 Å². The number of nitrogens with one attached hydrogen (secondary N) is 2. The minimum absolute atomic E-state index is 0. The number of halogens is 1. The van der Waals surface area contributed by atoms with Crippen LogP contribution in [0.2, 0.25) is 0 Å². The molecule has 1 fully saturated rings. The molecule has 0 atom stereocenters. The molecular weight excluding hydrogens is 433 g/mol. The molecule has 25 heavy (non-hydrogen) atoms. The summed E-state index contributed by atoms with van der Waals surface area (Å²) in [6, 6.07) is 6.00. The highest BCUT2D eigenvalue weighted by Crippen LogP contribution is 2.43. The molecule has 2 N–H and O–H groups in total. The molecule has 0 aromatic heterocycles. The van der Waals surface area contributed by atoms with E-state index in [1.165, 1.54) is 19.3 Å². The number of nitrogens with zero attached hydrogens (tertiary/aromatic N) is 1. The van der Waals surface area contributed by atoms with E-state index in [2.05, 4.69) is 15.6 Å². The lowest BCUT2D eigenvalue weighted by Gasteiger charge is -2.42. The number of rotatable bonds is 7. The SMILES string of the molecule is CN=C(NCc1ccc2c(c1)OCO2)NCC1(CCOC)CCC1.I. The van der Waals surface area contributed by atoms with Crippen LogP contribution < -0.4 is 20.1 Å². The van der Waals surface area contributed by atoms with E-state index in [1.807, 2.05) is 18.2 Å². The molecule has 2 aliphatic rings. The Morgan fingerprint density at radius 2 is 2.04 bits per heavy atom. The van der Waals surface area contributed by atoms with Gasteiger partial charge in [0.25, 0.3) is 0 Å². The first-order chi connectivity index (χ1) is 11.7. The Labute approximate surface area is 166 Å². The van der Waals surface area contributed by atoms with Gasteiger partial charge in [-0.2, -0.15) is 0 Å². The zero-order valence-corrected chi connectivity index (χ0v) is 17.3. The number of ether oxygens (including phenoxy) is 3. The van der Waals surface area contributed by atoms with Crippen LogP contribution in [0.15, 0.2) is 23.2 Å². The third-order valence-corrected chi connectivity index (χ3v) is 5.00. The van der Waals surface area contributed by atoms with Crippen molar-refractivity contribution in [2.24, 2.45) is 10.4 Å². The van der Waals surface area contributed by atoms with E-state index in [4.69, 9.17) is 14.2 Å². The van der Waals surface area contributed by atoms with Crippen molar-refractivity contribution in [3.8, 4) is 11.5 Å². The number of benzene rings is 1. The van der Waals surface area contributed by atoms with E-state index < -0.39 is 0 Å². The number of aliphatic imine (C=N–C) groups is 1. The molecule has 0 amide bonds. The summed E-state index contributed by atoms with van der Waals surface area (Å²) < 4.78 is 16.0. The second kappa shape index (κ2) is 9.47. The van der Waals surface area contributed by atoms with Crippen LogP contribution >= 0.6 is 24.0 Å². The van der Waals surface area contributed by atoms with Crippen LogP contribution in [0, 0.1) is 5.41 Å². The Balaban J connectivity index is 0.00000225. The molecule has 1 aliphatic heterocycles. The molecule has 1 aliphatic carbocycles. The van der Waals surface area contributed by atoms with Crippen molar-refractivity contribution < 1.29 is 14.2 Å². The molecule has 0 bridgehead atoms. The summed E-state index contributed by atoms with van der Waals surface area (Å²) in [6.45, 7) is 2.77. The average Bonchev–Trinajstić information content (AvgIpc) is 3.03. The van der Waals surface area contributed by atoms with Crippen LogP contribution in [-0.2, 0) is 11.3 Å². The van der Waals surface area contributed by atoms with Crippen LogP contribution in [0.3, 0.4) is 0 Å². The second-order valence-corrected chi connectivity index (χ2v) is 6.56. The molecule has 3 rings (SSSR count). The summed E-state index contributed by atoms with van der Waals surface area (Å²) in [7, 11) is 3.57. The van der Waals surface area contributed by atoms with E-state index in [0.717, 1.165) is 42.6 Å². The molecule has 140 valence electrons. The Bertz CT molecular complexity index is 591. The van der Waals surface area contributed by atoms with Crippen LogP contribution in [0.4, 0.5) is 0 Å². The first kappa shape index (κ1) is 20.1. The van der Waals surface area contributed by atoms with Gasteiger partial charge in [-0.15, -0.1) is 24.0 Å². The molecule has 1 aromatic carbocycles. The fraction of sp³-hybridized carbons (Fsp3) is 0.611. The van der Waals surface area contributed by atoms with Crippen LogP contribution in [0.25, 0.3) is 0 Å². The van der Waals surface area contributed by atoms with E-state index in [-0.39, 0.29) is 24.0 Å². The zero-order chi connectivity index (χ0) is 16.8. The fourth-order valence-electron chi connectivity index (χ4n) is 3.24. The molecule has 1 heterocycles. The lowest BCUT2D eigenvalue weighted by Crippen LogP contribution is -2.46. The van der Waals surface area contributed by atoms with Gasteiger partial charge in [-0.25, -0.2) is 0 Å². The minimum Gasteiger partial charge on any atom is -0.454 e. The van der Waals surface area contributed by atoms with Crippen molar-refractivity contribution in [1.82, 2.24) is 10.6 Å². The Kier molecular flexibility index (Phi) is 7.61. The fourth-order valence-corrected chi connectivity index (χ4v) is 3.24. The first-order valence-electron chi connectivity index (χ1n) is 8.57. The summed E-state index contributed by atoms with van der Waals surface area (Å²) in [5, 5.41) is 6.84. The second-order valence-electron chi connectivity index (χ2n) is 6.56. The van der Waals surface area contributed by atoms with Crippen LogP contribution in [0.1, 0.15) is 31.2 Å². The molecule has 1 saturated carbocycles. The molecular formula is C18H28IN3O3. The maximum absolute atomic E-state index is 5.42.